The third-order valence-electron chi connectivity index (χ3n) is 7.66. The second-order valence-electron chi connectivity index (χ2n) is 10.1. The van der Waals surface area contributed by atoms with Gasteiger partial charge in [0.15, 0.2) is 6.79 Å². The lowest BCUT2D eigenvalue weighted by Crippen LogP contribution is -2.25. The molecule has 2 aliphatic rings. The third-order valence-corrected chi connectivity index (χ3v) is 7.66. The van der Waals surface area contributed by atoms with E-state index in [1.165, 1.54) is 33.5 Å². The van der Waals surface area contributed by atoms with Gasteiger partial charge in [0.1, 0.15) is 17.1 Å². The van der Waals surface area contributed by atoms with E-state index in [4.69, 9.17) is 18.9 Å². The first-order valence-corrected chi connectivity index (χ1v) is 12.9. The Morgan fingerprint density at radius 3 is 2.44 bits per heavy atom. The summed E-state index contributed by atoms with van der Waals surface area (Å²) in [5.41, 5.74) is 7.94. The van der Waals surface area contributed by atoms with Crippen molar-refractivity contribution in [2.75, 3.05) is 39.1 Å². The number of epoxide rings is 1. The third kappa shape index (κ3) is 5.23. The van der Waals surface area contributed by atoms with E-state index in [-0.39, 0.29) is 12.4 Å². The molecule has 0 saturated carbocycles. The molecule has 5 heteroatoms. The summed E-state index contributed by atoms with van der Waals surface area (Å²) in [5, 5.41) is 0. The van der Waals surface area contributed by atoms with Crippen molar-refractivity contribution in [3.8, 4) is 11.5 Å². The monoisotopic (exact) mass is 487 g/mol. The van der Waals surface area contributed by atoms with E-state index in [1.54, 1.807) is 14.2 Å². The molecule has 0 aromatic heterocycles. The fourth-order valence-corrected chi connectivity index (χ4v) is 5.31. The maximum Gasteiger partial charge on any atom is 0.188 e. The first kappa shape index (κ1) is 24.7. The molecule has 0 N–H and O–H groups in total. The number of aryl methyl sites for hydroxylation is 1. The SMILES string of the molecule is CCN(Cc1ccc(C2(C)CO2)cc1)c1cc(OC)ccc1C1CCc2cc(OCOC)ccc2C1. The van der Waals surface area contributed by atoms with Crippen LogP contribution in [0.3, 0.4) is 0 Å². The largest absolute Gasteiger partial charge is 0.497 e. The van der Waals surface area contributed by atoms with Crippen LogP contribution >= 0.6 is 0 Å². The molecule has 36 heavy (non-hydrogen) atoms. The fraction of sp³-hybridized carbons (Fsp3) is 0.419. The molecule has 1 aliphatic heterocycles. The van der Waals surface area contributed by atoms with E-state index in [0.717, 1.165) is 50.5 Å². The summed E-state index contributed by atoms with van der Waals surface area (Å²) in [6.45, 7) is 7.25. The van der Waals surface area contributed by atoms with E-state index in [0.29, 0.717) is 5.92 Å². The Balaban J connectivity index is 1.38. The highest BCUT2D eigenvalue weighted by Gasteiger charge is 2.40. The molecule has 5 nitrogen and oxygen atoms in total. The minimum absolute atomic E-state index is 0.0864. The van der Waals surface area contributed by atoms with Crippen molar-refractivity contribution in [1.29, 1.82) is 0 Å². The average molecular weight is 488 g/mol. The van der Waals surface area contributed by atoms with Crippen LogP contribution < -0.4 is 14.4 Å². The normalized spacial score (nSPS) is 20.5. The number of nitrogens with zero attached hydrogens (tertiary/aromatic N) is 1. The molecule has 0 spiro atoms. The Morgan fingerprint density at radius 2 is 1.75 bits per heavy atom. The maximum absolute atomic E-state index is 5.66. The van der Waals surface area contributed by atoms with Crippen molar-refractivity contribution in [1.82, 2.24) is 0 Å². The van der Waals surface area contributed by atoms with Crippen LogP contribution in [0, 0.1) is 0 Å². The Morgan fingerprint density at radius 1 is 0.972 bits per heavy atom. The molecular weight excluding hydrogens is 450 g/mol. The molecular formula is C31H37NO4. The van der Waals surface area contributed by atoms with Gasteiger partial charge < -0.3 is 23.8 Å². The summed E-state index contributed by atoms with van der Waals surface area (Å²) in [6.07, 6.45) is 3.19. The Hall–Kier alpha value is -3.02. The van der Waals surface area contributed by atoms with Gasteiger partial charge in [-0.2, -0.15) is 0 Å². The highest BCUT2D eigenvalue weighted by Crippen LogP contribution is 2.41. The van der Waals surface area contributed by atoms with Gasteiger partial charge in [0, 0.05) is 32.0 Å². The Kier molecular flexibility index (Phi) is 7.22. The predicted octanol–water partition coefficient (Wildman–Crippen LogP) is 6.22. The first-order valence-electron chi connectivity index (χ1n) is 12.9. The number of rotatable bonds is 10. The van der Waals surface area contributed by atoms with Crippen LogP contribution in [0.2, 0.25) is 0 Å². The van der Waals surface area contributed by atoms with Crippen molar-refractivity contribution >= 4 is 5.69 Å². The molecule has 0 radical (unpaired) electrons. The van der Waals surface area contributed by atoms with E-state index in [9.17, 15) is 0 Å². The zero-order valence-electron chi connectivity index (χ0n) is 21.9. The number of methoxy groups -OCH3 is 2. The van der Waals surface area contributed by atoms with Gasteiger partial charge in [-0.3, -0.25) is 0 Å². The number of fused-ring (bicyclic) bond motifs is 1. The van der Waals surface area contributed by atoms with Crippen molar-refractivity contribution in [3.63, 3.8) is 0 Å². The fourth-order valence-electron chi connectivity index (χ4n) is 5.31. The molecule has 1 fully saturated rings. The van der Waals surface area contributed by atoms with Gasteiger partial charge in [0.25, 0.3) is 0 Å². The van der Waals surface area contributed by atoms with Crippen LogP contribution in [-0.4, -0.2) is 34.2 Å². The molecule has 2 unspecified atom stereocenters. The molecule has 190 valence electrons. The van der Waals surface area contributed by atoms with Crippen LogP contribution in [-0.2, 0) is 34.5 Å². The van der Waals surface area contributed by atoms with Gasteiger partial charge in [-0.05, 0) is 85.0 Å². The Bertz CT molecular complexity index is 1190. The highest BCUT2D eigenvalue weighted by molar-refractivity contribution is 5.60. The quantitative estimate of drug-likeness (QED) is 0.251. The van der Waals surface area contributed by atoms with Crippen molar-refractivity contribution < 1.29 is 18.9 Å². The second-order valence-corrected chi connectivity index (χ2v) is 10.1. The number of benzene rings is 3. The molecule has 0 bridgehead atoms. The first-order chi connectivity index (χ1) is 17.5. The molecule has 1 heterocycles. The summed E-state index contributed by atoms with van der Waals surface area (Å²) in [5.74, 6) is 2.25. The van der Waals surface area contributed by atoms with Crippen molar-refractivity contribution in [3.05, 3.63) is 88.5 Å². The summed E-state index contributed by atoms with van der Waals surface area (Å²) in [4.78, 5) is 2.47. The minimum atomic E-state index is -0.0864. The van der Waals surface area contributed by atoms with Crippen LogP contribution in [0.1, 0.15) is 54.0 Å². The lowest BCUT2D eigenvalue weighted by molar-refractivity contribution is 0.0510. The molecule has 5 rings (SSSR count). The lowest BCUT2D eigenvalue weighted by atomic mass is 9.79. The molecule has 3 aromatic rings. The van der Waals surface area contributed by atoms with Crippen LogP contribution in [0.5, 0.6) is 11.5 Å². The molecule has 2 atom stereocenters. The smallest absolute Gasteiger partial charge is 0.188 e. The highest BCUT2D eigenvalue weighted by atomic mass is 16.7. The molecule has 0 amide bonds. The van der Waals surface area contributed by atoms with Crippen molar-refractivity contribution in [2.45, 2.75) is 51.2 Å². The van der Waals surface area contributed by atoms with E-state index in [1.807, 2.05) is 0 Å². The maximum atomic E-state index is 5.66. The Labute approximate surface area is 214 Å². The number of hydrogen-bond acceptors (Lipinski definition) is 5. The summed E-state index contributed by atoms with van der Waals surface area (Å²) in [6, 6.07) is 22.0. The van der Waals surface area contributed by atoms with E-state index >= 15 is 0 Å². The van der Waals surface area contributed by atoms with Crippen LogP contribution in [0.15, 0.2) is 60.7 Å². The van der Waals surface area contributed by atoms with Gasteiger partial charge in [0.05, 0.1) is 13.7 Å². The number of hydrogen-bond donors (Lipinski definition) is 0. The topological polar surface area (TPSA) is 43.5 Å². The van der Waals surface area contributed by atoms with Gasteiger partial charge in [-0.15, -0.1) is 0 Å². The lowest BCUT2D eigenvalue weighted by Gasteiger charge is -2.32. The zero-order valence-corrected chi connectivity index (χ0v) is 21.9. The van der Waals surface area contributed by atoms with Gasteiger partial charge in [-0.1, -0.05) is 36.4 Å². The van der Waals surface area contributed by atoms with Crippen molar-refractivity contribution in [2.24, 2.45) is 0 Å². The molecule has 1 aliphatic carbocycles. The predicted molar refractivity (Wildman–Crippen MR) is 143 cm³/mol. The summed E-state index contributed by atoms with van der Waals surface area (Å²) in [7, 11) is 3.39. The summed E-state index contributed by atoms with van der Waals surface area (Å²) < 4.78 is 22.0. The van der Waals surface area contributed by atoms with Gasteiger partial charge in [-0.25, -0.2) is 0 Å². The number of anilines is 1. The van der Waals surface area contributed by atoms with Gasteiger partial charge in [0.2, 0.25) is 0 Å². The van der Waals surface area contributed by atoms with Gasteiger partial charge >= 0.3 is 0 Å². The molecule has 3 aromatic carbocycles. The second kappa shape index (κ2) is 10.5. The average Bonchev–Trinajstić information content (AvgIpc) is 3.68. The van der Waals surface area contributed by atoms with Crippen LogP contribution in [0.25, 0.3) is 0 Å². The van der Waals surface area contributed by atoms with Crippen LogP contribution in [0.4, 0.5) is 5.69 Å². The van der Waals surface area contributed by atoms with E-state index in [2.05, 4.69) is 79.4 Å². The van der Waals surface area contributed by atoms with E-state index < -0.39 is 0 Å². The molecule has 1 saturated heterocycles. The standard InChI is InChI=1S/C31H37NO4/c1-5-32(19-22-6-11-26(12-7-22)31(2)20-36-31)30-18-27(34-4)14-15-29(30)25-9-8-24-17-28(35-21-33-3)13-10-23(24)16-25/h6-7,10-15,17-18,25H,5,8-9,16,19-21H2,1-4H3. The summed E-state index contributed by atoms with van der Waals surface area (Å²) >= 11 is 0. The zero-order chi connectivity index (χ0) is 25.1. The number of ether oxygens (including phenoxy) is 4. The minimum Gasteiger partial charge on any atom is -0.497 e.